The number of hydrogen-bond donors (Lipinski definition) is 0. The summed E-state index contributed by atoms with van der Waals surface area (Å²) in [5.74, 6) is -0.195. The van der Waals surface area contributed by atoms with E-state index in [2.05, 4.69) is 12.0 Å². The Morgan fingerprint density at radius 3 is 3.00 bits per heavy atom. The first-order chi connectivity index (χ1) is 8.17. The molecule has 17 heavy (non-hydrogen) atoms. The van der Waals surface area contributed by atoms with Gasteiger partial charge < -0.3 is 4.74 Å². The lowest BCUT2D eigenvalue weighted by molar-refractivity contribution is -0.143. The van der Waals surface area contributed by atoms with Crippen molar-refractivity contribution in [2.45, 2.75) is 45.0 Å². The standard InChI is InChI=1S/C12H19ClN2O2/c1-3-7-15-9-10(8-14-15)11(13)5-6-12(16)17-4-2/h8-9,11H,3-7H2,1-2H3. The molecule has 0 fully saturated rings. The molecule has 1 unspecified atom stereocenters. The van der Waals surface area contributed by atoms with E-state index in [1.54, 1.807) is 13.1 Å². The number of aromatic nitrogens is 2. The molecule has 0 aliphatic carbocycles. The number of rotatable bonds is 7. The second-order valence-corrected chi connectivity index (χ2v) is 4.37. The molecule has 1 aromatic rings. The third-order valence-electron chi connectivity index (χ3n) is 2.37. The maximum atomic E-state index is 11.2. The Morgan fingerprint density at radius 2 is 2.35 bits per heavy atom. The summed E-state index contributed by atoms with van der Waals surface area (Å²) < 4.78 is 6.72. The summed E-state index contributed by atoms with van der Waals surface area (Å²) >= 11 is 6.20. The van der Waals surface area contributed by atoms with Crippen LogP contribution in [0.25, 0.3) is 0 Å². The monoisotopic (exact) mass is 258 g/mol. The van der Waals surface area contributed by atoms with Crippen LogP contribution in [0, 0.1) is 0 Å². The van der Waals surface area contributed by atoms with Gasteiger partial charge in [-0.05, 0) is 19.8 Å². The molecule has 0 saturated heterocycles. The van der Waals surface area contributed by atoms with E-state index < -0.39 is 0 Å². The van der Waals surface area contributed by atoms with Gasteiger partial charge in [-0.1, -0.05) is 6.92 Å². The summed E-state index contributed by atoms with van der Waals surface area (Å²) in [4.78, 5) is 11.2. The number of halogens is 1. The Labute approximate surface area is 107 Å². The van der Waals surface area contributed by atoms with Gasteiger partial charge in [0.1, 0.15) is 0 Å². The molecule has 1 aromatic heterocycles. The van der Waals surface area contributed by atoms with Crippen molar-refractivity contribution in [1.82, 2.24) is 9.78 Å². The summed E-state index contributed by atoms with van der Waals surface area (Å²) in [5.41, 5.74) is 0.962. The van der Waals surface area contributed by atoms with Crippen LogP contribution in [-0.2, 0) is 16.1 Å². The predicted octanol–water partition coefficient (Wildman–Crippen LogP) is 2.92. The second kappa shape index (κ2) is 7.33. The zero-order valence-corrected chi connectivity index (χ0v) is 11.1. The fourth-order valence-electron chi connectivity index (χ4n) is 1.54. The molecular weight excluding hydrogens is 240 g/mol. The SMILES string of the molecule is CCCn1cc(C(Cl)CCC(=O)OCC)cn1. The van der Waals surface area contributed by atoms with Gasteiger partial charge in [0.15, 0.2) is 0 Å². The van der Waals surface area contributed by atoms with Crippen LogP contribution in [0.3, 0.4) is 0 Å². The van der Waals surface area contributed by atoms with E-state index in [0.717, 1.165) is 18.5 Å². The number of aryl methyl sites for hydroxylation is 1. The van der Waals surface area contributed by atoms with Crippen LogP contribution in [0.2, 0.25) is 0 Å². The van der Waals surface area contributed by atoms with Crippen molar-refractivity contribution in [2.24, 2.45) is 0 Å². The molecule has 0 bridgehead atoms. The van der Waals surface area contributed by atoms with Gasteiger partial charge in [0.25, 0.3) is 0 Å². The number of esters is 1. The summed E-state index contributed by atoms with van der Waals surface area (Å²) in [6.45, 7) is 5.20. The van der Waals surface area contributed by atoms with Crippen LogP contribution in [0.15, 0.2) is 12.4 Å². The normalized spacial score (nSPS) is 12.4. The highest BCUT2D eigenvalue weighted by molar-refractivity contribution is 6.20. The van der Waals surface area contributed by atoms with Crippen molar-refractivity contribution in [3.8, 4) is 0 Å². The maximum absolute atomic E-state index is 11.2. The maximum Gasteiger partial charge on any atom is 0.305 e. The minimum Gasteiger partial charge on any atom is -0.466 e. The van der Waals surface area contributed by atoms with E-state index >= 15 is 0 Å². The van der Waals surface area contributed by atoms with Gasteiger partial charge in [-0.15, -0.1) is 11.6 Å². The molecule has 1 heterocycles. The molecule has 1 atom stereocenters. The molecule has 4 nitrogen and oxygen atoms in total. The fraction of sp³-hybridized carbons (Fsp3) is 0.667. The van der Waals surface area contributed by atoms with Crippen LogP contribution >= 0.6 is 11.6 Å². The Kier molecular flexibility index (Phi) is 6.05. The number of hydrogen-bond acceptors (Lipinski definition) is 3. The van der Waals surface area contributed by atoms with E-state index in [4.69, 9.17) is 16.3 Å². The van der Waals surface area contributed by atoms with Crippen molar-refractivity contribution in [2.75, 3.05) is 6.61 Å². The molecule has 1 rings (SSSR count). The van der Waals surface area contributed by atoms with Crippen LogP contribution in [0.4, 0.5) is 0 Å². The minimum absolute atomic E-state index is 0.176. The van der Waals surface area contributed by atoms with Gasteiger partial charge in [-0.2, -0.15) is 5.10 Å². The first-order valence-electron chi connectivity index (χ1n) is 5.99. The number of ether oxygens (including phenoxy) is 1. The predicted molar refractivity (Wildman–Crippen MR) is 67.0 cm³/mol. The molecule has 0 aromatic carbocycles. The van der Waals surface area contributed by atoms with Gasteiger partial charge in [-0.3, -0.25) is 9.48 Å². The minimum atomic E-state index is -0.195. The lowest BCUT2D eigenvalue weighted by atomic mass is 10.1. The molecule has 0 radical (unpaired) electrons. The third-order valence-corrected chi connectivity index (χ3v) is 2.85. The second-order valence-electron chi connectivity index (χ2n) is 3.85. The zero-order valence-electron chi connectivity index (χ0n) is 10.4. The highest BCUT2D eigenvalue weighted by Crippen LogP contribution is 2.25. The van der Waals surface area contributed by atoms with Crippen molar-refractivity contribution in [3.05, 3.63) is 18.0 Å². The summed E-state index contributed by atoms with van der Waals surface area (Å²) in [6, 6.07) is 0. The van der Waals surface area contributed by atoms with E-state index in [1.165, 1.54) is 0 Å². The Morgan fingerprint density at radius 1 is 1.59 bits per heavy atom. The number of alkyl halides is 1. The van der Waals surface area contributed by atoms with E-state index in [-0.39, 0.29) is 11.3 Å². The lowest BCUT2D eigenvalue weighted by Gasteiger charge is -2.06. The van der Waals surface area contributed by atoms with Crippen LogP contribution < -0.4 is 0 Å². The van der Waals surface area contributed by atoms with Crippen molar-refractivity contribution >= 4 is 17.6 Å². The molecule has 0 amide bonds. The molecule has 0 N–H and O–H groups in total. The zero-order chi connectivity index (χ0) is 12.7. The highest BCUT2D eigenvalue weighted by atomic mass is 35.5. The average Bonchev–Trinajstić information content (AvgIpc) is 2.75. The van der Waals surface area contributed by atoms with Crippen molar-refractivity contribution in [3.63, 3.8) is 0 Å². The highest BCUT2D eigenvalue weighted by Gasteiger charge is 2.13. The molecule has 96 valence electrons. The molecular formula is C12H19ClN2O2. The van der Waals surface area contributed by atoms with Gasteiger partial charge in [0.2, 0.25) is 0 Å². The Bertz CT molecular complexity index is 352. The molecule has 0 saturated carbocycles. The number of carbonyl (C=O) groups excluding carboxylic acids is 1. The van der Waals surface area contributed by atoms with Gasteiger partial charge in [-0.25, -0.2) is 0 Å². The van der Waals surface area contributed by atoms with E-state index in [9.17, 15) is 4.79 Å². The van der Waals surface area contributed by atoms with Crippen LogP contribution in [0.5, 0.6) is 0 Å². The Balaban J connectivity index is 2.40. The summed E-state index contributed by atoms with van der Waals surface area (Å²) in [5, 5.41) is 4.03. The first-order valence-corrected chi connectivity index (χ1v) is 6.43. The Hall–Kier alpha value is -1.03. The average molecular weight is 259 g/mol. The van der Waals surface area contributed by atoms with Crippen molar-refractivity contribution in [1.29, 1.82) is 0 Å². The van der Waals surface area contributed by atoms with E-state index in [1.807, 2.05) is 10.9 Å². The van der Waals surface area contributed by atoms with Crippen molar-refractivity contribution < 1.29 is 9.53 Å². The van der Waals surface area contributed by atoms with Gasteiger partial charge in [0.05, 0.1) is 18.2 Å². The third kappa shape index (κ3) is 4.77. The van der Waals surface area contributed by atoms with Crippen LogP contribution in [0.1, 0.15) is 44.1 Å². The molecule has 5 heteroatoms. The first kappa shape index (κ1) is 14.0. The summed E-state index contributed by atoms with van der Waals surface area (Å²) in [7, 11) is 0. The molecule has 0 aliphatic rings. The summed E-state index contributed by atoms with van der Waals surface area (Å²) in [6.07, 6.45) is 5.67. The topological polar surface area (TPSA) is 44.1 Å². The number of carbonyl (C=O) groups is 1. The quantitative estimate of drug-likeness (QED) is 0.558. The van der Waals surface area contributed by atoms with Crippen LogP contribution in [-0.4, -0.2) is 22.4 Å². The van der Waals surface area contributed by atoms with Gasteiger partial charge in [0, 0.05) is 24.7 Å². The largest absolute Gasteiger partial charge is 0.466 e. The molecule has 0 spiro atoms. The fourth-order valence-corrected chi connectivity index (χ4v) is 1.76. The van der Waals surface area contributed by atoms with Gasteiger partial charge >= 0.3 is 5.97 Å². The number of nitrogens with zero attached hydrogens (tertiary/aromatic N) is 2. The molecule has 0 aliphatic heterocycles. The lowest BCUT2D eigenvalue weighted by Crippen LogP contribution is -2.04. The smallest absolute Gasteiger partial charge is 0.305 e. The van der Waals surface area contributed by atoms with E-state index in [0.29, 0.717) is 19.4 Å².